The van der Waals surface area contributed by atoms with E-state index in [0.717, 1.165) is 30.6 Å². The van der Waals surface area contributed by atoms with Crippen molar-refractivity contribution in [3.8, 4) is 0 Å². The highest BCUT2D eigenvalue weighted by atomic mass is 16.4. The van der Waals surface area contributed by atoms with Gasteiger partial charge in [0.2, 0.25) is 0 Å². The molecule has 0 bridgehead atoms. The fourth-order valence-electron chi connectivity index (χ4n) is 3.80. The number of anilines is 1. The van der Waals surface area contributed by atoms with Crippen LogP contribution < -0.4 is 10.6 Å². The minimum Gasteiger partial charge on any atom is -0.424 e. The van der Waals surface area contributed by atoms with E-state index in [4.69, 9.17) is 4.42 Å². The zero-order valence-corrected chi connectivity index (χ0v) is 16.4. The van der Waals surface area contributed by atoms with Crippen LogP contribution in [0.2, 0.25) is 0 Å². The predicted octanol–water partition coefficient (Wildman–Crippen LogP) is 5.67. The van der Waals surface area contributed by atoms with Gasteiger partial charge in [-0.15, -0.1) is 0 Å². The Morgan fingerprint density at radius 3 is 2.69 bits per heavy atom. The summed E-state index contributed by atoms with van der Waals surface area (Å²) in [6.45, 7) is 4.38. The smallest absolute Gasteiger partial charge is 0.295 e. The number of nitrogens with one attached hydrogen (secondary N) is 2. The fraction of sp³-hybridized carbons (Fsp3) is 0.682. The number of aromatic nitrogens is 1. The van der Waals surface area contributed by atoms with Crippen LogP contribution in [0, 0.1) is 0 Å². The quantitative estimate of drug-likeness (QED) is 0.508. The number of benzene rings is 1. The molecule has 1 aliphatic rings. The van der Waals surface area contributed by atoms with Crippen LogP contribution in [0.25, 0.3) is 11.1 Å². The molecule has 2 aromatic rings. The molecule has 144 valence electrons. The van der Waals surface area contributed by atoms with Crippen molar-refractivity contribution in [1.82, 2.24) is 10.3 Å². The van der Waals surface area contributed by atoms with Gasteiger partial charge >= 0.3 is 0 Å². The number of aryl methyl sites for hydroxylation is 1. The van der Waals surface area contributed by atoms with Crippen LogP contribution >= 0.6 is 0 Å². The van der Waals surface area contributed by atoms with Crippen molar-refractivity contribution >= 4 is 17.1 Å². The molecule has 0 amide bonds. The number of unbranched alkanes of at least 4 members (excludes halogenated alkanes) is 7. The molecule has 1 aliphatic heterocycles. The Hall–Kier alpha value is -1.55. The highest BCUT2D eigenvalue weighted by Gasteiger charge is 2.15. The van der Waals surface area contributed by atoms with Gasteiger partial charge in [-0.2, -0.15) is 4.98 Å². The molecule has 3 rings (SSSR count). The fourth-order valence-corrected chi connectivity index (χ4v) is 3.80. The van der Waals surface area contributed by atoms with Crippen LogP contribution in [-0.4, -0.2) is 24.1 Å². The third-order valence-corrected chi connectivity index (χ3v) is 5.40. The van der Waals surface area contributed by atoms with E-state index in [1.165, 1.54) is 69.8 Å². The highest BCUT2D eigenvalue weighted by molar-refractivity contribution is 5.75. The van der Waals surface area contributed by atoms with E-state index < -0.39 is 0 Å². The Morgan fingerprint density at radius 1 is 1.12 bits per heavy atom. The van der Waals surface area contributed by atoms with Gasteiger partial charge in [-0.1, -0.05) is 57.9 Å². The average Bonchev–Trinajstić information content (AvgIpc) is 3.06. The second-order valence-corrected chi connectivity index (χ2v) is 7.73. The third-order valence-electron chi connectivity index (χ3n) is 5.40. The summed E-state index contributed by atoms with van der Waals surface area (Å²) < 4.78 is 5.87. The number of nitrogens with zero attached hydrogens (tertiary/aromatic N) is 1. The topological polar surface area (TPSA) is 50.1 Å². The average molecular weight is 358 g/mol. The molecule has 1 fully saturated rings. The number of rotatable bonds is 11. The lowest BCUT2D eigenvalue weighted by Gasteiger charge is -2.22. The molecule has 4 heteroatoms. The predicted molar refractivity (Wildman–Crippen MR) is 110 cm³/mol. The number of hydrogen-bond donors (Lipinski definition) is 2. The number of fused-ring (bicyclic) bond motifs is 1. The van der Waals surface area contributed by atoms with Crippen LogP contribution in [-0.2, 0) is 6.42 Å². The minimum atomic E-state index is 0.425. The van der Waals surface area contributed by atoms with Crippen molar-refractivity contribution in [2.75, 3.05) is 18.4 Å². The standard InChI is InChI=1S/C22H35N3O/c1-2-3-4-5-6-7-8-9-11-18-13-14-21-20(16-18)25-22(26-21)24-19-12-10-15-23-17-19/h13-14,16,19,23H,2-12,15,17H2,1H3,(H,24,25)/t19-/m0/s1. The van der Waals surface area contributed by atoms with Crippen LogP contribution in [0.15, 0.2) is 22.6 Å². The first kappa shape index (κ1) is 19.2. The summed E-state index contributed by atoms with van der Waals surface area (Å²) in [6.07, 6.45) is 14.5. The van der Waals surface area contributed by atoms with Gasteiger partial charge in [-0.3, -0.25) is 0 Å². The molecule has 1 aromatic carbocycles. The third kappa shape index (κ3) is 6.01. The molecule has 1 atom stereocenters. The summed E-state index contributed by atoms with van der Waals surface area (Å²) >= 11 is 0. The lowest BCUT2D eigenvalue weighted by atomic mass is 10.0. The Bertz CT molecular complexity index is 646. The molecule has 0 spiro atoms. The van der Waals surface area contributed by atoms with E-state index >= 15 is 0 Å². The maximum absolute atomic E-state index is 5.87. The molecule has 1 saturated heterocycles. The van der Waals surface area contributed by atoms with Crippen molar-refractivity contribution in [2.45, 2.75) is 83.6 Å². The molecule has 2 heterocycles. The summed E-state index contributed by atoms with van der Waals surface area (Å²) in [5.41, 5.74) is 3.24. The number of oxazole rings is 1. The Balaban J connectivity index is 1.42. The molecule has 26 heavy (non-hydrogen) atoms. The molecule has 1 aromatic heterocycles. The van der Waals surface area contributed by atoms with Crippen LogP contribution in [0.5, 0.6) is 0 Å². The molecular weight excluding hydrogens is 322 g/mol. The van der Waals surface area contributed by atoms with Crippen molar-refractivity contribution in [2.24, 2.45) is 0 Å². The lowest BCUT2D eigenvalue weighted by molar-refractivity contribution is 0.467. The summed E-state index contributed by atoms with van der Waals surface area (Å²) in [6, 6.07) is 7.56. The van der Waals surface area contributed by atoms with Crippen molar-refractivity contribution in [3.63, 3.8) is 0 Å². The van der Waals surface area contributed by atoms with Gasteiger partial charge in [0.05, 0.1) is 0 Å². The highest BCUT2D eigenvalue weighted by Crippen LogP contribution is 2.22. The minimum absolute atomic E-state index is 0.425. The Labute approximate surface area is 158 Å². The van der Waals surface area contributed by atoms with Gasteiger partial charge in [0.25, 0.3) is 6.01 Å². The van der Waals surface area contributed by atoms with Crippen LogP contribution in [0.4, 0.5) is 6.01 Å². The van der Waals surface area contributed by atoms with Gasteiger partial charge in [0.15, 0.2) is 5.58 Å². The monoisotopic (exact) mass is 357 g/mol. The largest absolute Gasteiger partial charge is 0.424 e. The van der Waals surface area contributed by atoms with Gasteiger partial charge in [0.1, 0.15) is 5.52 Å². The van der Waals surface area contributed by atoms with E-state index in [-0.39, 0.29) is 0 Å². The Morgan fingerprint density at radius 2 is 1.92 bits per heavy atom. The first-order valence-corrected chi connectivity index (χ1v) is 10.7. The van der Waals surface area contributed by atoms with Crippen LogP contribution in [0.3, 0.4) is 0 Å². The van der Waals surface area contributed by atoms with E-state index in [9.17, 15) is 0 Å². The number of piperidine rings is 1. The normalized spacial score (nSPS) is 17.7. The summed E-state index contributed by atoms with van der Waals surface area (Å²) in [7, 11) is 0. The van der Waals surface area contributed by atoms with E-state index in [0.29, 0.717) is 12.1 Å². The summed E-state index contributed by atoms with van der Waals surface area (Å²) in [4.78, 5) is 4.65. The van der Waals surface area contributed by atoms with Crippen molar-refractivity contribution in [3.05, 3.63) is 23.8 Å². The van der Waals surface area contributed by atoms with E-state index in [1.807, 2.05) is 0 Å². The SMILES string of the molecule is CCCCCCCCCCc1ccc2oc(N[C@H]3CCCNC3)nc2c1. The van der Waals surface area contributed by atoms with Crippen LogP contribution in [0.1, 0.15) is 76.7 Å². The molecular formula is C22H35N3O. The number of hydrogen-bond acceptors (Lipinski definition) is 4. The van der Waals surface area contributed by atoms with Crippen molar-refractivity contribution in [1.29, 1.82) is 0 Å². The molecule has 0 radical (unpaired) electrons. The Kier molecular flexibility index (Phi) is 7.81. The molecule has 2 N–H and O–H groups in total. The van der Waals surface area contributed by atoms with Gasteiger partial charge < -0.3 is 15.1 Å². The lowest BCUT2D eigenvalue weighted by Crippen LogP contribution is -2.38. The van der Waals surface area contributed by atoms with Gasteiger partial charge in [-0.05, 0) is 49.9 Å². The molecule has 0 unspecified atom stereocenters. The summed E-state index contributed by atoms with van der Waals surface area (Å²) in [5.74, 6) is 0. The first-order chi connectivity index (χ1) is 12.8. The van der Waals surface area contributed by atoms with Gasteiger partial charge in [0, 0.05) is 12.6 Å². The zero-order valence-electron chi connectivity index (χ0n) is 16.4. The molecule has 0 aliphatic carbocycles. The molecule has 4 nitrogen and oxygen atoms in total. The maximum atomic E-state index is 5.87. The van der Waals surface area contributed by atoms with Gasteiger partial charge in [-0.25, -0.2) is 0 Å². The molecule has 0 saturated carbocycles. The van der Waals surface area contributed by atoms with Crippen molar-refractivity contribution < 1.29 is 4.42 Å². The van der Waals surface area contributed by atoms with E-state index in [1.54, 1.807) is 0 Å². The first-order valence-electron chi connectivity index (χ1n) is 10.7. The zero-order chi connectivity index (χ0) is 18.0. The second-order valence-electron chi connectivity index (χ2n) is 7.73. The maximum Gasteiger partial charge on any atom is 0.295 e. The summed E-state index contributed by atoms with van der Waals surface area (Å²) in [5, 5.41) is 6.84. The van der Waals surface area contributed by atoms with E-state index in [2.05, 4.69) is 40.7 Å². The second kappa shape index (κ2) is 10.6.